The molecule has 1 atom stereocenters. The maximum atomic E-state index is 5.87. The number of hydrazine groups is 1. The fourth-order valence-electron chi connectivity index (χ4n) is 1.32. The smallest absolute Gasteiger partial charge is 0.198 e. The molecule has 0 aliphatic carbocycles. The van der Waals surface area contributed by atoms with Gasteiger partial charge >= 0.3 is 0 Å². The van der Waals surface area contributed by atoms with E-state index in [1.54, 1.807) is 17.6 Å². The van der Waals surface area contributed by atoms with Crippen molar-refractivity contribution in [1.29, 1.82) is 0 Å². The highest BCUT2D eigenvalue weighted by molar-refractivity contribution is 7.08. The molecule has 0 aromatic carbocycles. The van der Waals surface area contributed by atoms with Crippen molar-refractivity contribution in [3.05, 3.63) is 45.5 Å². The zero-order valence-corrected chi connectivity index (χ0v) is 8.81. The fourth-order valence-corrected chi connectivity index (χ4v) is 2.22. The molecule has 0 bridgehead atoms. The first-order valence-corrected chi connectivity index (χ1v) is 5.36. The molecule has 0 saturated heterocycles. The summed E-state index contributed by atoms with van der Waals surface area (Å²) in [6, 6.07) is 3.70. The van der Waals surface area contributed by atoms with Gasteiger partial charge in [-0.05, 0) is 40.1 Å². The number of hydrogen-bond acceptors (Lipinski definition) is 4. The Morgan fingerprint density at radius 1 is 1.50 bits per heavy atom. The van der Waals surface area contributed by atoms with E-state index in [9.17, 15) is 0 Å². The summed E-state index contributed by atoms with van der Waals surface area (Å²) in [5.41, 5.74) is 4.65. The Balaban J connectivity index is 2.36. The minimum absolute atomic E-state index is 0.104. The molecule has 3 N–H and O–H groups in total. The molecule has 0 saturated carbocycles. The van der Waals surface area contributed by atoms with Crippen molar-refractivity contribution in [2.45, 2.75) is 6.04 Å². The monoisotopic (exact) mass is 228 g/mol. The van der Waals surface area contributed by atoms with E-state index in [-0.39, 0.29) is 6.04 Å². The molecular formula is C9H9ClN2OS. The lowest BCUT2D eigenvalue weighted by molar-refractivity contribution is 0.555. The maximum Gasteiger partial charge on any atom is 0.198 e. The van der Waals surface area contributed by atoms with Gasteiger partial charge in [0.25, 0.3) is 0 Å². The molecule has 3 nitrogen and oxygen atoms in total. The molecule has 74 valence electrons. The molecular weight excluding hydrogens is 220 g/mol. The van der Waals surface area contributed by atoms with E-state index in [1.165, 1.54) is 0 Å². The third kappa shape index (κ3) is 1.69. The Morgan fingerprint density at radius 2 is 2.36 bits per heavy atom. The van der Waals surface area contributed by atoms with Crippen LogP contribution in [0.15, 0.2) is 33.6 Å². The van der Waals surface area contributed by atoms with Gasteiger partial charge in [-0.25, -0.2) is 5.43 Å². The number of furan rings is 1. The fraction of sp³-hybridized carbons (Fsp3) is 0.111. The summed E-state index contributed by atoms with van der Waals surface area (Å²) >= 11 is 7.49. The van der Waals surface area contributed by atoms with Crippen LogP contribution in [0.3, 0.4) is 0 Å². The molecule has 2 aromatic rings. The summed E-state index contributed by atoms with van der Waals surface area (Å²) in [5.74, 6) is 5.48. The predicted octanol–water partition coefficient (Wildman–Crippen LogP) is 2.55. The highest BCUT2D eigenvalue weighted by Crippen LogP contribution is 2.29. The molecule has 5 heteroatoms. The summed E-state index contributed by atoms with van der Waals surface area (Å²) < 4.78 is 5.02. The lowest BCUT2D eigenvalue weighted by Gasteiger charge is -2.12. The van der Waals surface area contributed by atoms with Gasteiger partial charge in [-0.15, -0.1) is 0 Å². The van der Waals surface area contributed by atoms with E-state index in [4.69, 9.17) is 21.9 Å². The van der Waals surface area contributed by atoms with Crippen LogP contribution in [0.1, 0.15) is 17.2 Å². The molecule has 0 radical (unpaired) electrons. The van der Waals surface area contributed by atoms with E-state index in [1.807, 2.05) is 22.9 Å². The quantitative estimate of drug-likeness (QED) is 0.627. The van der Waals surface area contributed by atoms with Crippen molar-refractivity contribution < 1.29 is 4.42 Å². The van der Waals surface area contributed by atoms with E-state index in [2.05, 4.69) is 5.43 Å². The first-order valence-electron chi connectivity index (χ1n) is 4.04. The molecule has 2 heterocycles. The SMILES string of the molecule is NNC(c1ccsc1)c1ccoc1Cl. The van der Waals surface area contributed by atoms with E-state index >= 15 is 0 Å². The van der Waals surface area contributed by atoms with Gasteiger partial charge < -0.3 is 4.42 Å². The summed E-state index contributed by atoms with van der Waals surface area (Å²) in [6.07, 6.45) is 1.55. The summed E-state index contributed by atoms with van der Waals surface area (Å²) in [4.78, 5) is 0. The largest absolute Gasteiger partial charge is 0.453 e. The Labute approximate surface area is 90.5 Å². The normalized spacial score (nSPS) is 13.0. The number of rotatable bonds is 3. The molecule has 0 aliphatic heterocycles. The van der Waals surface area contributed by atoms with Crippen LogP contribution < -0.4 is 11.3 Å². The van der Waals surface area contributed by atoms with Crippen LogP contribution in [0.4, 0.5) is 0 Å². The van der Waals surface area contributed by atoms with Crippen LogP contribution >= 0.6 is 22.9 Å². The van der Waals surface area contributed by atoms with Crippen LogP contribution in [0, 0.1) is 0 Å². The third-order valence-corrected chi connectivity index (χ3v) is 3.01. The number of hydrogen-bond donors (Lipinski definition) is 2. The van der Waals surface area contributed by atoms with Gasteiger partial charge in [0, 0.05) is 5.56 Å². The third-order valence-electron chi connectivity index (χ3n) is 2.00. The van der Waals surface area contributed by atoms with Gasteiger partial charge in [0.15, 0.2) is 5.22 Å². The van der Waals surface area contributed by atoms with Crippen molar-refractivity contribution in [1.82, 2.24) is 5.43 Å². The summed E-state index contributed by atoms with van der Waals surface area (Å²) in [6.45, 7) is 0. The van der Waals surface area contributed by atoms with Crippen molar-refractivity contribution in [3.63, 3.8) is 0 Å². The minimum Gasteiger partial charge on any atom is -0.453 e. The van der Waals surface area contributed by atoms with Crippen molar-refractivity contribution in [3.8, 4) is 0 Å². The first-order chi connectivity index (χ1) is 6.83. The zero-order chi connectivity index (χ0) is 9.97. The average Bonchev–Trinajstić information content (AvgIpc) is 2.80. The van der Waals surface area contributed by atoms with Gasteiger partial charge in [-0.2, -0.15) is 11.3 Å². The molecule has 0 spiro atoms. The second kappa shape index (κ2) is 4.14. The second-order valence-electron chi connectivity index (χ2n) is 2.81. The minimum atomic E-state index is -0.104. The van der Waals surface area contributed by atoms with Crippen molar-refractivity contribution in [2.75, 3.05) is 0 Å². The maximum absolute atomic E-state index is 5.87. The molecule has 0 amide bonds. The van der Waals surface area contributed by atoms with Gasteiger partial charge in [0.1, 0.15) is 0 Å². The highest BCUT2D eigenvalue weighted by atomic mass is 35.5. The van der Waals surface area contributed by atoms with E-state index in [0.29, 0.717) is 5.22 Å². The number of nitrogens with one attached hydrogen (secondary N) is 1. The molecule has 0 aliphatic rings. The predicted molar refractivity (Wildman–Crippen MR) is 57.2 cm³/mol. The number of thiophene rings is 1. The van der Waals surface area contributed by atoms with Crippen molar-refractivity contribution in [2.24, 2.45) is 5.84 Å². The number of nitrogens with two attached hydrogens (primary N) is 1. The van der Waals surface area contributed by atoms with Crippen LogP contribution in [0.5, 0.6) is 0 Å². The van der Waals surface area contributed by atoms with Gasteiger partial charge in [0.2, 0.25) is 0 Å². The molecule has 0 fully saturated rings. The highest BCUT2D eigenvalue weighted by Gasteiger charge is 2.17. The van der Waals surface area contributed by atoms with Crippen LogP contribution in [-0.4, -0.2) is 0 Å². The Hall–Kier alpha value is -0.810. The Kier molecular flexibility index (Phi) is 2.88. The van der Waals surface area contributed by atoms with E-state index in [0.717, 1.165) is 11.1 Å². The summed E-state index contributed by atoms with van der Waals surface area (Å²) in [5, 5.41) is 4.39. The standard InChI is InChI=1S/C9H9ClN2OS/c10-9-7(1-3-13-9)8(12-11)6-2-4-14-5-6/h1-5,8,12H,11H2. The lowest BCUT2D eigenvalue weighted by atomic mass is 10.1. The lowest BCUT2D eigenvalue weighted by Crippen LogP contribution is -2.28. The summed E-state index contributed by atoms with van der Waals surface area (Å²) in [7, 11) is 0. The zero-order valence-electron chi connectivity index (χ0n) is 7.24. The Bertz CT molecular complexity index is 399. The molecule has 14 heavy (non-hydrogen) atoms. The van der Waals surface area contributed by atoms with Gasteiger partial charge in [0.05, 0.1) is 12.3 Å². The molecule has 2 aromatic heterocycles. The van der Waals surface area contributed by atoms with Crippen LogP contribution in [0.2, 0.25) is 5.22 Å². The topological polar surface area (TPSA) is 51.2 Å². The van der Waals surface area contributed by atoms with Gasteiger partial charge in [-0.3, -0.25) is 5.84 Å². The number of halogens is 1. The first kappa shape index (κ1) is 9.73. The average molecular weight is 229 g/mol. The Morgan fingerprint density at radius 3 is 2.86 bits per heavy atom. The second-order valence-corrected chi connectivity index (χ2v) is 3.93. The van der Waals surface area contributed by atoms with E-state index < -0.39 is 0 Å². The van der Waals surface area contributed by atoms with Gasteiger partial charge in [-0.1, -0.05) is 0 Å². The van der Waals surface area contributed by atoms with Crippen LogP contribution in [-0.2, 0) is 0 Å². The van der Waals surface area contributed by atoms with Crippen molar-refractivity contribution >= 4 is 22.9 Å². The molecule has 1 unspecified atom stereocenters. The van der Waals surface area contributed by atoms with Crippen LogP contribution in [0.25, 0.3) is 0 Å². The molecule has 2 rings (SSSR count).